The van der Waals surface area contributed by atoms with Gasteiger partial charge in [0.25, 0.3) is 11.6 Å². The predicted molar refractivity (Wildman–Crippen MR) is 103 cm³/mol. The minimum Gasteiger partial charge on any atom is -0.497 e. The van der Waals surface area contributed by atoms with Crippen LogP contribution in [0.3, 0.4) is 0 Å². The van der Waals surface area contributed by atoms with Gasteiger partial charge in [-0.2, -0.15) is 0 Å². The molecule has 1 amide bonds. The lowest BCUT2D eigenvalue weighted by Crippen LogP contribution is -2.32. The second-order valence-electron chi connectivity index (χ2n) is 5.95. The lowest BCUT2D eigenvalue weighted by atomic mass is 10.1. The summed E-state index contributed by atoms with van der Waals surface area (Å²) in [5.74, 6) is 1.19. The molecule has 0 saturated heterocycles. The van der Waals surface area contributed by atoms with Gasteiger partial charge in [-0.05, 0) is 43.7 Å². The van der Waals surface area contributed by atoms with E-state index in [1.807, 2.05) is 13.8 Å². The van der Waals surface area contributed by atoms with Crippen molar-refractivity contribution >= 4 is 11.6 Å². The fourth-order valence-corrected chi connectivity index (χ4v) is 2.58. The van der Waals surface area contributed by atoms with E-state index in [2.05, 4.69) is 0 Å². The maximum absolute atomic E-state index is 13.0. The van der Waals surface area contributed by atoms with Crippen LogP contribution in [0.2, 0.25) is 0 Å². The molecule has 0 N–H and O–H groups in total. The number of amides is 1. The molecular weight excluding hydrogens is 348 g/mol. The van der Waals surface area contributed by atoms with Crippen LogP contribution < -0.4 is 9.47 Å². The molecule has 7 heteroatoms. The van der Waals surface area contributed by atoms with Gasteiger partial charge < -0.3 is 14.4 Å². The van der Waals surface area contributed by atoms with Crippen LogP contribution in [-0.2, 0) is 0 Å². The van der Waals surface area contributed by atoms with E-state index in [1.54, 1.807) is 36.3 Å². The minimum absolute atomic E-state index is 0.146. The van der Waals surface area contributed by atoms with E-state index >= 15 is 0 Å². The Morgan fingerprint density at radius 2 is 1.78 bits per heavy atom. The van der Waals surface area contributed by atoms with Crippen LogP contribution in [0.15, 0.2) is 42.5 Å². The first-order valence-electron chi connectivity index (χ1n) is 8.89. The fraction of sp³-hybridized carbons (Fsp3) is 0.350. The van der Waals surface area contributed by atoms with E-state index in [0.29, 0.717) is 24.6 Å². The number of unbranched alkanes of at least 4 members (excludes halogenated alkanes) is 1. The Labute approximate surface area is 158 Å². The summed E-state index contributed by atoms with van der Waals surface area (Å²) < 4.78 is 11.0. The number of rotatable bonds is 9. The van der Waals surface area contributed by atoms with E-state index in [9.17, 15) is 14.9 Å². The molecule has 0 bridgehead atoms. The number of nitrogens with zero attached hydrogens (tertiary/aromatic N) is 2. The Hall–Kier alpha value is -3.09. The average Bonchev–Trinajstić information content (AvgIpc) is 2.69. The van der Waals surface area contributed by atoms with E-state index in [-0.39, 0.29) is 22.9 Å². The van der Waals surface area contributed by atoms with Gasteiger partial charge in [-0.3, -0.25) is 14.9 Å². The van der Waals surface area contributed by atoms with Gasteiger partial charge in [0.05, 0.1) is 17.6 Å². The van der Waals surface area contributed by atoms with Crippen molar-refractivity contribution in [2.24, 2.45) is 0 Å². The molecule has 0 radical (unpaired) electrons. The Balaban J connectivity index is 2.37. The summed E-state index contributed by atoms with van der Waals surface area (Å²) in [6.45, 7) is 5.04. The predicted octanol–water partition coefficient (Wildman–Crippen LogP) is 4.66. The van der Waals surface area contributed by atoms with E-state index in [0.717, 1.165) is 12.8 Å². The first-order valence-corrected chi connectivity index (χ1v) is 8.89. The number of benzene rings is 2. The van der Waals surface area contributed by atoms with Gasteiger partial charge in [-0.25, -0.2) is 0 Å². The topological polar surface area (TPSA) is 81.9 Å². The molecule has 7 nitrogen and oxygen atoms in total. The highest BCUT2D eigenvalue weighted by atomic mass is 16.6. The zero-order chi connectivity index (χ0) is 19.8. The molecule has 0 unspecified atom stereocenters. The largest absolute Gasteiger partial charge is 0.497 e. The van der Waals surface area contributed by atoms with Crippen molar-refractivity contribution in [1.29, 1.82) is 0 Å². The van der Waals surface area contributed by atoms with Crippen molar-refractivity contribution < 1.29 is 19.2 Å². The number of nitro benzene ring substituents is 1. The van der Waals surface area contributed by atoms with E-state index < -0.39 is 4.92 Å². The first-order chi connectivity index (χ1) is 13.0. The standard InChI is InChI=1S/C20H24N2O5/c1-4-6-13-21(5-2)20(23)18-14-15(22(24)25)7-12-19(18)27-17-10-8-16(26-3)9-11-17/h7-12,14H,4-6,13H2,1-3H3. The molecule has 0 aliphatic carbocycles. The summed E-state index contributed by atoms with van der Waals surface area (Å²) in [6, 6.07) is 11.0. The number of ether oxygens (including phenoxy) is 2. The number of hydrogen-bond acceptors (Lipinski definition) is 5. The van der Waals surface area contributed by atoms with Gasteiger partial charge in [-0.15, -0.1) is 0 Å². The molecule has 0 fully saturated rings. The lowest BCUT2D eigenvalue weighted by Gasteiger charge is -2.22. The normalized spacial score (nSPS) is 10.3. The zero-order valence-corrected chi connectivity index (χ0v) is 15.8. The van der Waals surface area contributed by atoms with Gasteiger partial charge >= 0.3 is 0 Å². The molecular formula is C20H24N2O5. The molecule has 0 saturated carbocycles. The maximum Gasteiger partial charge on any atom is 0.270 e. The van der Waals surface area contributed by atoms with Gasteiger partial charge in [0, 0.05) is 25.2 Å². The van der Waals surface area contributed by atoms with Crippen LogP contribution in [0.25, 0.3) is 0 Å². The summed E-state index contributed by atoms with van der Waals surface area (Å²) in [6.07, 6.45) is 1.82. The summed E-state index contributed by atoms with van der Waals surface area (Å²) >= 11 is 0. The average molecular weight is 372 g/mol. The Bertz CT molecular complexity index is 789. The second-order valence-corrected chi connectivity index (χ2v) is 5.95. The van der Waals surface area contributed by atoms with Gasteiger partial charge in [0.2, 0.25) is 0 Å². The third kappa shape index (κ3) is 5.20. The zero-order valence-electron chi connectivity index (χ0n) is 15.8. The lowest BCUT2D eigenvalue weighted by molar-refractivity contribution is -0.384. The number of methoxy groups -OCH3 is 1. The van der Waals surface area contributed by atoms with Crippen LogP contribution in [0.5, 0.6) is 17.2 Å². The Kier molecular flexibility index (Phi) is 7.16. The number of carbonyl (C=O) groups excluding carboxylic acids is 1. The molecule has 0 aliphatic heterocycles. The highest BCUT2D eigenvalue weighted by molar-refractivity contribution is 5.97. The quantitative estimate of drug-likeness (QED) is 0.472. The van der Waals surface area contributed by atoms with Crippen molar-refractivity contribution in [2.75, 3.05) is 20.2 Å². The summed E-state index contributed by atoms with van der Waals surface area (Å²) in [7, 11) is 1.57. The van der Waals surface area contributed by atoms with Crippen molar-refractivity contribution in [2.45, 2.75) is 26.7 Å². The molecule has 0 heterocycles. The summed E-state index contributed by atoms with van der Waals surface area (Å²) in [5, 5.41) is 11.2. The fourth-order valence-electron chi connectivity index (χ4n) is 2.58. The van der Waals surface area contributed by atoms with Crippen molar-refractivity contribution in [3.63, 3.8) is 0 Å². The summed E-state index contributed by atoms with van der Waals surface area (Å²) in [5.41, 5.74) is 0.0324. The molecule has 0 aromatic heterocycles. The third-order valence-corrected chi connectivity index (χ3v) is 4.14. The number of hydrogen-bond donors (Lipinski definition) is 0. The molecule has 0 spiro atoms. The van der Waals surface area contributed by atoms with Crippen LogP contribution in [0.1, 0.15) is 37.0 Å². The smallest absolute Gasteiger partial charge is 0.270 e. The third-order valence-electron chi connectivity index (χ3n) is 4.14. The van der Waals surface area contributed by atoms with Crippen LogP contribution in [-0.4, -0.2) is 35.9 Å². The van der Waals surface area contributed by atoms with Crippen LogP contribution in [0.4, 0.5) is 5.69 Å². The molecule has 0 aliphatic rings. The molecule has 27 heavy (non-hydrogen) atoms. The number of carbonyl (C=O) groups is 1. The monoisotopic (exact) mass is 372 g/mol. The van der Waals surface area contributed by atoms with E-state index in [1.165, 1.54) is 18.2 Å². The maximum atomic E-state index is 13.0. The highest BCUT2D eigenvalue weighted by Gasteiger charge is 2.22. The molecule has 2 rings (SSSR count). The number of nitro groups is 1. The first kappa shape index (κ1) is 20.2. The van der Waals surface area contributed by atoms with Gasteiger partial charge in [-0.1, -0.05) is 13.3 Å². The number of non-ortho nitro benzene ring substituents is 1. The van der Waals surface area contributed by atoms with Crippen LogP contribution in [0, 0.1) is 10.1 Å². The minimum atomic E-state index is -0.518. The summed E-state index contributed by atoms with van der Waals surface area (Å²) in [4.78, 5) is 25.3. The van der Waals surface area contributed by atoms with Crippen molar-refractivity contribution in [1.82, 2.24) is 4.90 Å². The second kappa shape index (κ2) is 9.56. The van der Waals surface area contributed by atoms with Gasteiger partial charge in [0.1, 0.15) is 17.2 Å². The molecule has 144 valence electrons. The van der Waals surface area contributed by atoms with Crippen molar-refractivity contribution in [3.8, 4) is 17.2 Å². The highest BCUT2D eigenvalue weighted by Crippen LogP contribution is 2.30. The molecule has 2 aromatic carbocycles. The molecule has 2 aromatic rings. The molecule has 0 atom stereocenters. The SMILES string of the molecule is CCCCN(CC)C(=O)c1cc([N+](=O)[O-])ccc1Oc1ccc(OC)cc1. The van der Waals surface area contributed by atoms with Gasteiger partial charge in [0.15, 0.2) is 0 Å². The van der Waals surface area contributed by atoms with Crippen LogP contribution >= 0.6 is 0 Å². The Morgan fingerprint density at radius 3 is 2.33 bits per heavy atom. The Morgan fingerprint density at radius 1 is 1.11 bits per heavy atom. The van der Waals surface area contributed by atoms with E-state index in [4.69, 9.17) is 9.47 Å². The van der Waals surface area contributed by atoms with Crippen molar-refractivity contribution in [3.05, 3.63) is 58.1 Å².